The van der Waals surface area contributed by atoms with Gasteiger partial charge in [-0.1, -0.05) is 66.2 Å². The Hall–Kier alpha value is -0.175. The molecule has 0 aromatic carbocycles. The van der Waals surface area contributed by atoms with Crippen molar-refractivity contribution in [3.63, 3.8) is 0 Å². The lowest BCUT2D eigenvalue weighted by Crippen LogP contribution is -2.54. The number of unbranched alkanes of at least 4 members (excludes halogenated alkanes) is 2. The Morgan fingerprint density at radius 1 is 0.839 bits per heavy atom. The number of rotatable bonds is 16. The zero-order chi connectivity index (χ0) is 22.3. The first-order valence-electron chi connectivity index (χ1n) is 13.0. The minimum Gasteiger partial charge on any atom is -0.385 e. The minimum atomic E-state index is -0.617. The third-order valence-electron chi connectivity index (χ3n) is 6.59. The summed E-state index contributed by atoms with van der Waals surface area (Å²) in [6.45, 7) is 15.1. The third-order valence-corrected chi connectivity index (χ3v) is 6.59. The highest BCUT2D eigenvalue weighted by molar-refractivity contribution is 6.36. The summed E-state index contributed by atoms with van der Waals surface area (Å²) in [6, 6.07) is 0. The minimum absolute atomic E-state index is 0.0191. The van der Waals surface area contributed by atoms with Crippen molar-refractivity contribution in [1.82, 2.24) is 4.90 Å². The molecule has 0 amide bonds. The molecule has 6 nitrogen and oxygen atoms in total. The van der Waals surface area contributed by atoms with Crippen LogP contribution in [0.5, 0.6) is 0 Å². The molecule has 0 saturated carbocycles. The average molecular weight is 441 g/mol. The largest absolute Gasteiger partial charge is 0.640 e. The molecule has 2 bridgehead atoms. The van der Waals surface area contributed by atoms with Crippen LogP contribution in [0.1, 0.15) is 79.1 Å². The first kappa shape index (κ1) is 27.1. The summed E-state index contributed by atoms with van der Waals surface area (Å²) in [5.74, 6) is 1.29. The predicted molar refractivity (Wildman–Crippen MR) is 126 cm³/mol. The van der Waals surface area contributed by atoms with Crippen molar-refractivity contribution in [1.29, 1.82) is 0 Å². The van der Waals surface area contributed by atoms with Gasteiger partial charge in [-0.25, -0.2) is 0 Å². The first-order valence-corrected chi connectivity index (χ1v) is 13.0. The van der Waals surface area contributed by atoms with Gasteiger partial charge in [0.1, 0.15) is 0 Å². The molecule has 3 saturated heterocycles. The van der Waals surface area contributed by atoms with Gasteiger partial charge in [-0.15, -0.1) is 0 Å². The number of hydrogen-bond donors (Lipinski definition) is 0. The van der Waals surface area contributed by atoms with Crippen LogP contribution in [-0.2, 0) is 23.4 Å². The number of ether oxygens (including phenoxy) is 2. The number of nitrogens with zero attached hydrogens (tertiary/aromatic N) is 1. The highest BCUT2D eigenvalue weighted by atomic mass is 16.7. The fourth-order valence-electron chi connectivity index (χ4n) is 4.33. The van der Waals surface area contributed by atoms with Gasteiger partial charge in [-0.2, -0.15) is 0 Å². The molecule has 31 heavy (non-hydrogen) atoms. The molecule has 4 atom stereocenters. The van der Waals surface area contributed by atoms with Crippen molar-refractivity contribution < 1.29 is 23.4 Å². The van der Waals surface area contributed by atoms with Gasteiger partial charge >= 0.3 is 7.32 Å². The maximum absolute atomic E-state index is 6.12. The van der Waals surface area contributed by atoms with Gasteiger partial charge in [0, 0.05) is 39.5 Å². The van der Waals surface area contributed by atoms with Crippen LogP contribution in [0.4, 0.5) is 0 Å². The number of fused-ring (bicyclic) bond motifs is 6. The van der Waals surface area contributed by atoms with Crippen LogP contribution < -0.4 is 0 Å². The van der Waals surface area contributed by atoms with Gasteiger partial charge in [0.25, 0.3) is 0 Å². The van der Waals surface area contributed by atoms with E-state index in [0.29, 0.717) is 31.7 Å². The Bertz CT molecular complexity index is 394. The van der Waals surface area contributed by atoms with Gasteiger partial charge in [0.2, 0.25) is 0 Å². The van der Waals surface area contributed by atoms with Crippen molar-refractivity contribution >= 4 is 7.32 Å². The lowest BCUT2D eigenvalue weighted by molar-refractivity contribution is -0.0879. The van der Waals surface area contributed by atoms with Crippen LogP contribution in [0.25, 0.3) is 0 Å². The average Bonchev–Trinajstić information content (AvgIpc) is 2.73. The van der Waals surface area contributed by atoms with E-state index in [0.717, 1.165) is 32.8 Å². The molecule has 3 aliphatic rings. The predicted octanol–water partition coefficient (Wildman–Crippen LogP) is 4.55. The lowest BCUT2D eigenvalue weighted by atomic mass is 10.0. The lowest BCUT2D eigenvalue weighted by Gasteiger charge is -2.38. The van der Waals surface area contributed by atoms with Crippen LogP contribution in [-0.4, -0.2) is 77.1 Å². The topological polar surface area (TPSA) is 49.4 Å². The molecule has 0 aliphatic carbocycles. The molecule has 182 valence electrons. The second kappa shape index (κ2) is 16.4. The molecule has 0 spiro atoms. The SMILES string of the molecule is CCCCC(CC)COCC1CN2CCOB(O1)OC(COCC(CC)CCCC)C2. The first-order chi connectivity index (χ1) is 15.2. The van der Waals surface area contributed by atoms with E-state index in [1.54, 1.807) is 0 Å². The molecule has 7 heteroatoms. The summed E-state index contributed by atoms with van der Waals surface area (Å²) in [7, 11) is -0.617. The summed E-state index contributed by atoms with van der Waals surface area (Å²) in [4.78, 5) is 2.38. The highest BCUT2D eigenvalue weighted by Gasteiger charge is 2.37. The molecule has 0 N–H and O–H groups in total. The third kappa shape index (κ3) is 11.0. The maximum Gasteiger partial charge on any atom is 0.640 e. The summed E-state index contributed by atoms with van der Waals surface area (Å²) < 4.78 is 30.2. The van der Waals surface area contributed by atoms with Crippen LogP contribution in [0.3, 0.4) is 0 Å². The molecule has 0 aromatic heterocycles. The molecular formula is C24H48BNO5. The maximum atomic E-state index is 6.12. The van der Waals surface area contributed by atoms with Crippen LogP contribution in [0.2, 0.25) is 0 Å². The molecule has 0 aromatic rings. The monoisotopic (exact) mass is 441 g/mol. The van der Waals surface area contributed by atoms with E-state index >= 15 is 0 Å². The Morgan fingerprint density at radius 2 is 1.35 bits per heavy atom. The van der Waals surface area contributed by atoms with Crippen LogP contribution >= 0.6 is 0 Å². The fourth-order valence-corrected chi connectivity index (χ4v) is 4.33. The molecular weight excluding hydrogens is 393 g/mol. The van der Waals surface area contributed by atoms with Gasteiger partial charge in [-0.05, 0) is 24.7 Å². The standard InChI is InChI=1S/C24H48BNO5/c1-5-9-11-21(7-3)17-27-19-23-15-26-13-14-29-25(30-23)31-24(16-26)20-28-18-22(8-4)12-10-6-2/h21-24H,5-20H2,1-4H3. The van der Waals surface area contributed by atoms with Gasteiger partial charge in [-0.3, -0.25) is 4.90 Å². The van der Waals surface area contributed by atoms with Crippen molar-refractivity contribution in [2.24, 2.45) is 11.8 Å². The highest BCUT2D eigenvalue weighted by Crippen LogP contribution is 2.18. The Kier molecular flexibility index (Phi) is 14.4. The molecule has 3 heterocycles. The Balaban J connectivity index is 1.74. The van der Waals surface area contributed by atoms with Crippen LogP contribution in [0, 0.1) is 11.8 Å². The molecule has 0 radical (unpaired) electrons. The van der Waals surface area contributed by atoms with E-state index < -0.39 is 7.32 Å². The fraction of sp³-hybridized carbons (Fsp3) is 1.00. The van der Waals surface area contributed by atoms with E-state index in [1.165, 1.54) is 51.4 Å². The molecule has 3 aliphatic heterocycles. The van der Waals surface area contributed by atoms with Crippen molar-refractivity contribution in [2.45, 2.75) is 91.3 Å². The quantitative estimate of drug-likeness (QED) is 0.328. The van der Waals surface area contributed by atoms with Crippen LogP contribution in [0.15, 0.2) is 0 Å². The Labute approximate surface area is 191 Å². The van der Waals surface area contributed by atoms with Gasteiger partial charge in [0.15, 0.2) is 0 Å². The van der Waals surface area contributed by atoms with Gasteiger partial charge in [0.05, 0.1) is 25.4 Å². The zero-order valence-corrected chi connectivity index (χ0v) is 20.7. The van der Waals surface area contributed by atoms with E-state index in [-0.39, 0.29) is 12.2 Å². The number of hydrogen-bond acceptors (Lipinski definition) is 6. The summed E-state index contributed by atoms with van der Waals surface area (Å²) in [6.07, 6.45) is 9.85. The summed E-state index contributed by atoms with van der Waals surface area (Å²) >= 11 is 0. The Morgan fingerprint density at radius 3 is 1.81 bits per heavy atom. The van der Waals surface area contributed by atoms with Crippen molar-refractivity contribution in [3.05, 3.63) is 0 Å². The van der Waals surface area contributed by atoms with Gasteiger partial charge < -0.3 is 23.4 Å². The van der Waals surface area contributed by atoms with Crippen molar-refractivity contribution in [2.75, 3.05) is 52.7 Å². The normalized spacial score (nSPS) is 26.3. The summed E-state index contributed by atoms with van der Waals surface area (Å²) in [5, 5.41) is 0. The molecule has 3 fully saturated rings. The smallest absolute Gasteiger partial charge is 0.385 e. The van der Waals surface area contributed by atoms with Crippen molar-refractivity contribution in [3.8, 4) is 0 Å². The zero-order valence-electron chi connectivity index (χ0n) is 20.7. The van der Waals surface area contributed by atoms with E-state index in [9.17, 15) is 0 Å². The molecule has 4 unspecified atom stereocenters. The summed E-state index contributed by atoms with van der Waals surface area (Å²) in [5.41, 5.74) is 0. The second-order valence-electron chi connectivity index (χ2n) is 9.34. The molecule has 3 rings (SSSR count). The van der Waals surface area contributed by atoms with E-state index in [4.69, 9.17) is 23.4 Å². The van der Waals surface area contributed by atoms with E-state index in [1.807, 2.05) is 0 Å². The second-order valence-corrected chi connectivity index (χ2v) is 9.34. The van der Waals surface area contributed by atoms with E-state index in [2.05, 4.69) is 32.6 Å².